The maximum Gasteiger partial charge on any atom is 0.323 e. The van der Waals surface area contributed by atoms with E-state index in [4.69, 9.17) is 9.47 Å². The molecule has 1 rings (SSSR count). The zero-order valence-corrected chi connectivity index (χ0v) is 21.5. The number of rotatable bonds is 20. The molecule has 0 aliphatic rings. The monoisotopic (exact) mass is 460 g/mol. The Hall–Kier alpha value is -1.84. The third kappa shape index (κ3) is 11.7. The SMILES string of the molecule is CCCCCCCCCCCCCCOC(=O)C(CC)(CC)C(=O)OCCc1ccccc1. The predicted molar refractivity (Wildman–Crippen MR) is 136 cm³/mol. The zero-order valence-electron chi connectivity index (χ0n) is 21.5. The topological polar surface area (TPSA) is 52.6 Å². The highest BCUT2D eigenvalue weighted by Gasteiger charge is 2.45. The maximum atomic E-state index is 12.8. The second-order valence-corrected chi connectivity index (χ2v) is 9.19. The standard InChI is InChI=1S/C29H48O4/c1-4-7-8-9-10-11-12-13-14-15-16-20-24-32-27(30)29(5-2,6-3)28(31)33-25-23-26-21-18-17-19-22-26/h17-19,21-22H,4-16,20,23-25H2,1-3H3. The predicted octanol–water partition coefficient (Wildman–Crippen LogP) is 7.82. The molecule has 0 aliphatic carbocycles. The largest absolute Gasteiger partial charge is 0.465 e. The number of benzene rings is 1. The lowest BCUT2D eigenvalue weighted by Gasteiger charge is -2.27. The second-order valence-electron chi connectivity index (χ2n) is 9.19. The van der Waals surface area contributed by atoms with Crippen LogP contribution >= 0.6 is 0 Å². The molecule has 0 unspecified atom stereocenters. The third-order valence-corrected chi connectivity index (χ3v) is 6.69. The van der Waals surface area contributed by atoms with Crippen LogP contribution in [0.2, 0.25) is 0 Å². The van der Waals surface area contributed by atoms with Gasteiger partial charge in [0.05, 0.1) is 13.2 Å². The van der Waals surface area contributed by atoms with Crippen LogP contribution in [-0.4, -0.2) is 25.2 Å². The zero-order chi connectivity index (χ0) is 24.2. The van der Waals surface area contributed by atoms with Crippen molar-refractivity contribution in [3.05, 3.63) is 35.9 Å². The van der Waals surface area contributed by atoms with E-state index in [0.717, 1.165) is 18.4 Å². The quantitative estimate of drug-likeness (QED) is 0.113. The van der Waals surface area contributed by atoms with Gasteiger partial charge in [-0.05, 0) is 24.8 Å². The molecule has 0 saturated carbocycles. The van der Waals surface area contributed by atoms with Gasteiger partial charge in [-0.1, -0.05) is 122 Å². The first-order chi connectivity index (χ1) is 16.1. The molecule has 0 aromatic heterocycles. The Kier molecular flexibility index (Phi) is 16.4. The van der Waals surface area contributed by atoms with Crippen LogP contribution in [0.25, 0.3) is 0 Å². The second kappa shape index (κ2) is 18.6. The summed E-state index contributed by atoms with van der Waals surface area (Å²) < 4.78 is 11.0. The fraction of sp³-hybridized carbons (Fsp3) is 0.724. The van der Waals surface area contributed by atoms with Crippen molar-refractivity contribution in [2.75, 3.05) is 13.2 Å². The molecule has 1 aromatic carbocycles. The smallest absolute Gasteiger partial charge is 0.323 e. The van der Waals surface area contributed by atoms with Gasteiger partial charge in [0, 0.05) is 6.42 Å². The Bertz CT molecular complexity index is 622. The Labute approximate surface area is 202 Å². The lowest BCUT2D eigenvalue weighted by atomic mass is 9.82. The first-order valence-corrected chi connectivity index (χ1v) is 13.5. The van der Waals surface area contributed by atoms with E-state index in [1.165, 1.54) is 64.2 Å². The van der Waals surface area contributed by atoms with Crippen molar-refractivity contribution < 1.29 is 19.1 Å². The minimum Gasteiger partial charge on any atom is -0.465 e. The van der Waals surface area contributed by atoms with E-state index in [1.807, 2.05) is 44.2 Å². The molecule has 33 heavy (non-hydrogen) atoms. The molecule has 0 saturated heterocycles. The summed E-state index contributed by atoms with van der Waals surface area (Å²) in [6, 6.07) is 9.90. The van der Waals surface area contributed by atoms with Crippen molar-refractivity contribution in [2.45, 2.75) is 117 Å². The number of ether oxygens (including phenoxy) is 2. The first-order valence-electron chi connectivity index (χ1n) is 13.5. The fourth-order valence-electron chi connectivity index (χ4n) is 4.20. The van der Waals surface area contributed by atoms with Gasteiger partial charge in [-0.25, -0.2) is 0 Å². The average Bonchev–Trinajstić information content (AvgIpc) is 2.84. The number of hydrogen-bond acceptors (Lipinski definition) is 4. The molecule has 0 aliphatic heterocycles. The van der Waals surface area contributed by atoms with E-state index in [1.54, 1.807) is 0 Å². The minimum atomic E-state index is -1.19. The molecule has 4 heteroatoms. The van der Waals surface area contributed by atoms with E-state index in [2.05, 4.69) is 6.92 Å². The number of esters is 2. The third-order valence-electron chi connectivity index (χ3n) is 6.69. The molecule has 1 aromatic rings. The van der Waals surface area contributed by atoms with Crippen molar-refractivity contribution in [2.24, 2.45) is 5.41 Å². The van der Waals surface area contributed by atoms with Gasteiger partial charge in [-0.2, -0.15) is 0 Å². The highest BCUT2D eigenvalue weighted by molar-refractivity contribution is 6.00. The lowest BCUT2D eigenvalue weighted by Crippen LogP contribution is -2.41. The van der Waals surface area contributed by atoms with E-state index in [-0.39, 0.29) is 6.61 Å². The number of carbonyl (C=O) groups is 2. The molecule has 0 amide bonds. The van der Waals surface area contributed by atoms with Crippen molar-refractivity contribution >= 4 is 11.9 Å². The summed E-state index contributed by atoms with van der Waals surface area (Å²) in [7, 11) is 0. The van der Waals surface area contributed by atoms with Crippen LogP contribution in [0.4, 0.5) is 0 Å². The summed E-state index contributed by atoms with van der Waals surface area (Å²) in [4.78, 5) is 25.5. The van der Waals surface area contributed by atoms with Crippen LogP contribution in [0.3, 0.4) is 0 Å². The maximum absolute atomic E-state index is 12.8. The minimum absolute atomic E-state index is 0.274. The summed E-state index contributed by atoms with van der Waals surface area (Å²) in [6.45, 7) is 6.62. The molecule has 0 spiro atoms. The highest BCUT2D eigenvalue weighted by atomic mass is 16.6. The van der Waals surface area contributed by atoms with Crippen LogP contribution < -0.4 is 0 Å². The van der Waals surface area contributed by atoms with Gasteiger partial charge in [-0.3, -0.25) is 9.59 Å². The molecule has 4 nitrogen and oxygen atoms in total. The highest BCUT2D eigenvalue weighted by Crippen LogP contribution is 2.30. The van der Waals surface area contributed by atoms with Crippen LogP contribution in [-0.2, 0) is 25.5 Å². The van der Waals surface area contributed by atoms with Crippen molar-refractivity contribution in [3.63, 3.8) is 0 Å². The molecule has 0 radical (unpaired) electrons. The number of carbonyl (C=O) groups excluding carboxylic acids is 2. The fourth-order valence-corrected chi connectivity index (χ4v) is 4.20. The molecule has 0 atom stereocenters. The molecule has 0 bridgehead atoms. The lowest BCUT2D eigenvalue weighted by molar-refractivity contribution is -0.173. The summed E-state index contributed by atoms with van der Waals surface area (Å²) in [5.74, 6) is -0.886. The molecule has 0 N–H and O–H groups in total. The van der Waals surface area contributed by atoms with Gasteiger partial charge >= 0.3 is 11.9 Å². The summed E-state index contributed by atoms with van der Waals surface area (Å²) >= 11 is 0. The Morgan fingerprint density at radius 3 is 1.58 bits per heavy atom. The van der Waals surface area contributed by atoms with Crippen molar-refractivity contribution in [1.82, 2.24) is 0 Å². The van der Waals surface area contributed by atoms with Gasteiger partial charge in [0.2, 0.25) is 0 Å². The van der Waals surface area contributed by atoms with Gasteiger partial charge < -0.3 is 9.47 Å². The summed E-state index contributed by atoms with van der Waals surface area (Å²) in [5.41, 5.74) is -0.0770. The van der Waals surface area contributed by atoms with Crippen molar-refractivity contribution in [1.29, 1.82) is 0 Å². The number of hydrogen-bond donors (Lipinski definition) is 0. The first kappa shape index (κ1) is 29.2. The van der Waals surface area contributed by atoms with E-state index < -0.39 is 17.4 Å². The van der Waals surface area contributed by atoms with Crippen LogP contribution in [0.15, 0.2) is 30.3 Å². The van der Waals surface area contributed by atoms with Gasteiger partial charge in [-0.15, -0.1) is 0 Å². The van der Waals surface area contributed by atoms with Crippen molar-refractivity contribution in [3.8, 4) is 0 Å². The van der Waals surface area contributed by atoms with Gasteiger partial charge in [0.25, 0.3) is 0 Å². The van der Waals surface area contributed by atoms with Crippen LogP contribution in [0.1, 0.15) is 116 Å². The van der Waals surface area contributed by atoms with Crippen LogP contribution in [0.5, 0.6) is 0 Å². The van der Waals surface area contributed by atoms with E-state index in [9.17, 15) is 9.59 Å². The number of unbranched alkanes of at least 4 members (excludes halogenated alkanes) is 11. The Morgan fingerprint density at radius 2 is 1.09 bits per heavy atom. The summed E-state index contributed by atoms with van der Waals surface area (Å²) in [6.07, 6.45) is 16.6. The van der Waals surface area contributed by atoms with E-state index >= 15 is 0 Å². The Morgan fingerprint density at radius 1 is 0.636 bits per heavy atom. The molecular formula is C29H48O4. The molecular weight excluding hydrogens is 412 g/mol. The van der Waals surface area contributed by atoms with Gasteiger partial charge in [0.1, 0.15) is 0 Å². The normalized spacial score (nSPS) is 11.4. The molecule has 0 fully saturated rings. The van der Waals surface area contributed by atoms with Crippen LogP contribution in [0, 0.1) is 5.41 Å². The van der Waals surface area contributed by atoms with E-state index in [0.29, 0.717) is 25.9 Å². The van der Waals surface area contributed by atoms with Gasteiger partial charge in [0.15, 0.2) is 5.41 Å². The average molecular weight is 461 g/mol. The summed E-state index contributed by atoms with van der Waals surface area (Å²) in [5, 5.41) is 0. The molecule has 188 valence electrons. The molecule has 0 heterocycles. The Balaban J connectivity index is 2.19.